The molecule has 9 nitrogen and oxygen atoms in total. The highest BCUT2D eigenvalue weighted by Gasteiger charge is 2.35. The Bertz CT molecular complexity index is 1140. The SMILES string of the molecule is CCOc1cc(/C=C2\SC(=O)N(CCOc3ccccc3OC)C2=O)cc(Cl)c1OCC(=O)OC. The number of ether oxygens (including phenoxy) is 5. The molecule has 0 aliphatic carbocycles. The molecule has 0 spiro atoms. The summed E-state index contributed by atoms with van der Waals surface area (Å²) >= 11 is 7.16. The molecule has 3 rings (SSSR count). The van der Waals surface area contributed by atoms with Crippen LogP contribution in [0.2, 0.25) is 5.02 Å². The second-order valence-electron chi connectivity index (χ2n) is 6.96. The number of methoxy groups -OCH3 is 2. The molecular formula is C24H24ClNO8S. The van der Waals surface area contributed by atoms with E-state index in [1.165, 1.54) is 14.2 Å². The van der Waals surface area contributed by atoms with E-state index in [1.54, 1.807) is 43.3 Å². The summed E-state index contributed by atoms with van der Waals surface area (Å²) in [4.78, 5) is 38.1. The average Bonchev–Trinajstić information content (AvgIpc) is 3.11. The molecule has 1 aliphatic rings. The van der Waals surface area contributed by atoms with Gasteiger partial charge in [-0.15, -0.1) is 0 Å². The Balaban J connectivity index is 1.72. The van der Waals surface area contributed by atoms with Gasteiger partial charge in [0.05, 0.1) is 37.3 Å². The van der Waals surface area contributed by atoms with E-state index in [2.05, 4.69) is 4.74 Å². The highest BCUT2D eigenvalue weighted by atomic mass is 35.5. The summed E-state index contributed by atoms with van der Waals surface area (Å²) in [6.45, 7) is 1.94. The van der Waals surface area contributed by atoms with Crippen LogP contribution >= 0.6 is 23.4 Å². The number of para-hydroxylation sites is 2. The molecular weight excluding hydrogens is 498 g/mol. The van der Waals surface area contributed by atoms with Gasteiger partial charge in [0.15, 0.2) is 29.6 Å². The van der Waals surface area contributed by atoms with E-state index >= 15 is 0 Å². The first-order valence-electron chi connectivity index (χ1n) is 10.5. The number of carbonyl (C=O) groups is 3. The Morgan fingerprint density at radius 3 is 2.49 bits per heavy atom. The fourth-order valence-corrected chi connectivity index (χ4v) is 4.23. The number of esters is 1. The highest BCUT2D eigenvalue weighted by molar-refractivity contribution is 8.18. The molecule has 35 heavy (non-hydrogen) atoms. The molecule has 186 valence electrons. The number of carbonyl (C=O) groups excluding carboxylic acids is 3. The third-order valence-electron chi connectivity index (χ3n) is 4.71. The van der Waals surface area contributed by atoms with Crippen molar-refractivity contribution in [1.82, 2.24) is 4.90 Å². The summed E-state index contributed by atoms with van der Waals surface area (Å²) in [5.41, 5.74) is 0.527. The fraction of sp³-hybridized carbons (Fsp3) is 0.292. The second-order valence-corrected chi connectivity index (χ2v) is 8.36. The van der Waals surface area contributed by atoms with Crippen LogP contribution in [0.15, 0.2) is 41.3 Å². The number of amides is 2. The Morgan fingerprint density at radius 1 is 1.06 bits per heavy atom. The van der Waals surface area contributed by atoms with E-state index < -0.39 is 17.1 Å². The maximum Gasteiger partial charge on any atom is 0.343 e. The lowest BCUT2D eigenvalue weighted by atomic mass is 10.1. The van der Waals surface area contributed by atoms with Crippen LogP contribution in [0, 0.1) is 0 Å². The number of hydrogen-bond acceptors (Lipinski definition) is 9. The van der Waals surface area contributed by atoms with Gasteiger partial charge in [-0.05, 0) is 54.6 Å². The third kappa shape index (κ3) is 6.61. The van der Waals surface area contributed by atoms with Gasteiger partial charge in [0.25, 0.3) is 11.1 Å². The Morgan fingerprint density at radius 2 is 1.80 bits per heavy atom. The standard InChI is InChI=1S/C24H24ClNO8S/c1-4-32-19-12-15(11-16(25)22(19)34-14-21(27)31-3)13-20-23(28)26(24(29)35-20)9-10-33-18-8-6-5-7-17(18)30-2/h5-8,11-13H,4,9-10,14H2,1-3H3/b20-13-. The molecule has 1 aliphatic heterocycles. The molecule has 0 aromatic heterocycles. The molecule has 1 saturated heterocycles. The predicted octanol–water partition coefficient (Wildman–Crippen LogP) is 4.41. The molecule has 1 heterocycles. The van der Waals surface area contributed by atoms with Gasteiger partial charge >= 0.3 is 5.97 Å². The number of thioether (sulfide) groups is 1. The zero-order valence-corrected chi connectivity index (χ0v) is 20.9. The number of rotatable bonds is 11. The Kier molecular flexibility index (Phi) is 9.27. The van der Waals surface area contributed by atoms with E-state index in [1.807, 2.05) is 6.07 Å². The minimum Gasteiger partial charge on any atom is -0.493 e. The van der Waals surface area contributed by atoms with Crippen molar-refractivity contribution in [3.63, 3.8) is 0 Å². The van der Waals surface area contributed by atoms with Crippen molar-refractivity contribution in [1.29, 1.82) is 0 Å². The number of imide groups is 1. The van der Waals surface area contributed by atoms with Gasteiger partial charge in [0.2, 0.25) is 0 Å². The van der Waals surface area contributed by atoms with Crippen molar-refractivity contribution in [3.8, 4) is 23.0 Å². The van der Waals surface area contributed by atoms with Gasteiger partial charge in [-0.1, -0.05) is 23.7 Å². The van der Waals surface area contributed by atoms with E-state index in [4.69, 9.17) is 30.5 Å². The molecule has 0 bridgehead atoms. The molecule has 0 atom stereocenters. The van der Waals surface area contributed by atoms with Crippen molar-refractivity contribution in [2.45, 2.75) is 6.92 Å². The Labute approximate surface area is 211 Å². The third-order valence-corrected chi connectivity index (χ3v) is 5.89. The van der Waals surface area contributed by atoms with Crippen molar-refractivity contribution < 1.29 is 38.1 Å². The largest absolute Gasteiger partial charge is 0.493 e. The van der Waals surface area contributed by atoms with Crippen LogP contribution in [0.25, 0.3) is 6.08 Å². The van der Waals surface area contributed by atoms with Gasteiger partial charge in [-0.25, -0.2) is 4.79 Å². The minimum atomic E-state index is -0.573. The first-order valence-corrected chi connectivity index (χ1v) is 11.7. The minimum absolute atomic E-state index is 0.0747. The van der Waals surface area contributed by atoms with Crippen LogP contribution in [0.4, 0.5) is 4.79 Å². The number of benzene rings is 2. The van der Waals surface area contributed by atoms with Crippen LogP contribution in [-0.2, 0) is 14.3 Å². The summed E-state index contributed by atoms with van der Waals surface area (Å²) < 4.78 is 26.5. The molecule has 1 fully saturated rings. The molecule has 0 unspecified atom stereocenters. The lowest BCUT2D eigenvalue weighted by Gasteiger charge is -2.15. The van der Waals surface area contributed by atoms with Crippen LogP contribution in [0.5, 0.6) is 23.0 Å². The lowest BCUT2D eigenvalue weighted by Crippen LogP contribution is -2.32. The smallest absolute Gasteiger partial charge is 0.343 e. The van der Waals surface area contributed by atoms with Gasteiger partial charge < -0.3 is 23.7 Å². The molecule has 2 aromatic rings. The quantitative estimate of drug-likeness (QED) is 0.314. The van der Waals surface area contributed by atoms with Crippen LogP contribution in [-0.4, -0.2) is 62.6 Å². The van der Waals surface area contributed by atoms with E-state index in [-0.39, 0.29) is 35.4 Å². The molecule has 2 aromatic carbocycles. The number of nitrogens with zero attached hydrogens (tertiary/aromatic N) is 1. The van der Waals surface area contributed by atoms with Crippen molar-refractivity contribution in [2.75, 3.05) is 40.6 Å². The normalized spacial score (nSPS) is 14.3. The molecule has 11 heteroatoms. The predicted molar refractivity (Wildman–Crippen MR) is 131 cm³/mol. The summed E-state index contributed by atoms with van der Waals surface area (Å²) in [5, 5.41) is -0.227. The fourth-order valence-electron chi connectivity index (χ4n) is 3.09. The van der Waals surface area contributed by atoms with E-state index in [0.717, 1.165) is 16.7 Å². The first kappa shape index (κ1) is 26.2. The van der Waals surface area contributed by atoms with E-state index in [0.29, 0.717) is 29.4 Å². The lowest BCUT2D eigenvalue weighted by molar-refractivity contribution is -0.142. The summed E-state index contributed by atoms with van der Waals surface area (Å²) in [7, 11) is 2.78. The highest BCUT2D eigenvalue weighted by Crippen LogP contribution is 2.39. The Hall–Kier alpha value is -3.37. The number of halogens is 1. The average molecular weight is 522 g/mol. The second kappa shape index (κ2) is 12.4. The molecule has 0 radical (unpaired) electrons. The number of hydrogen-bond donors (Lipinski definition) is 0. The summed E-state index contributed by atoms with van der Waals surface area (Å²) in [6, 6.07) is 10.3. The summed E-state index contributed by atoms with van der Waals surface area (Å²) in [5.74, 6) is 0.532. The maximum absolute atomic E-state index is 12.9. The molecule has 0 saturated carbocycles. The topological polar surface area (TPSA) is 101 Å². The van der Waals surface area contributed by atoms with Gasteiger partial charge in [-0.2, -0.15) is 0 Å². The van der Waals surface area contributed by atoms with Crippen molar-refractivity contribution in [3.05, 3.63) is 51.9 Å². The first-order chi connectivity index (χ1) is 16.9. The monoisotopic (exact) mass is 521 g/mol. The summed E-state index contributed by atoms with van der Waals surface area (Å²) in [6.07, 6.45) is 1.55. The van der Waals surface area contributed by atoms with Gasteiger partial charge in [0, 0.05) is 0 Å². The van der Waals surface area contributed by atoms with Crippen LogP contribution < -0.4 is 18.9 Å². The molecule has 0 N–H and O–H groups in total. The van der Waals surface area contributed by atoms with E-state index in [9.17, 15) is 14.4 Å². The zero-order chi connectivity index (χ0) is 25.4. The van der Waals surface area contributed by atoms with Crippen molar-refractivity contribution in [2.24, 2.45) is 0 Å². The van der Waals surface area contributed by atoms with Crippen LogP contribution in [0.1, 0.15) is 12.5 Å². The van der Waals surface area contributed by atoms with Gasteiger partial charge in [-0.3, -0.25) is 14.5 Å². The molecule has 2 amide bonds. The maximum atomic E-state index is 12.9. The van der Waals surface area contributed by atoms with Crippen LogP contribution in [0.3, 0.4) is 0 Å². The van der Waals surface area contributed by atoms with Crippen molar-refractivity contribution >= 4 is 46.6 Å². The zero-order valence-electron chi connectivity index (χ0n) is 19.4. The van der Waals surface area contributed by atoms with Gasteiger partial charge in [0.1, 0.15) is 6.61 Å².